The van der Waals surface area contributed by atoms with Crippen molar-refractivity contribution in [3.63, 3.8) is 0 Å². The molecule has 0 amide bonds. The summed E-state index contributed by atoms with van der Waals surface area (Å²) in [5.74, 6) is 2.70. The van der Waals surface area contributed by atoms with Gasteiger partial charge < -0.3 is 10.2 Å². The number of aryl methyl sites for hydroxylation is 1. The summed E-state index contributed by atoms with van der Waals surface area (Å²) >= 11 is 1.55. The number of rotatable bonds is 4. The zero-order valence-electron chi connectivity index (χ0n) is 12.5. The molecule has 1 fully saturated rings. The van der Waals surface area contributed by atoms with Crippen molar-refractivity contribution in [3.05, 3.63) is 47.6 Å². The fourth-order valence-corrected chi connectivity index (χ4v) is 3.08. The highest BCUT2D eigenvalue weighted by Crippen LogP contribution is 2.29. The minimum atomic E-state index is 0.373. The molecular formula is C15H15N7S. The van der Waals surface area contributed by atoms with Crippen molar-refractivity contribution in [2.24, 2.45) is 0 Å². The van der Waals surface area contributed by atoms with Gasteiger partial charge in [-0.05, 0) is 13.0 Å². The molecule has 4 rings (SSSR count). The molecule has 116 valence electrons. The maximum absolute atomic E-state index is 4.58. The molecule has 0 aliphatic carbocycles. The van der Waals surface area contributed by atoms with E-state index in [1.54, 1.807) is 29.9 Å². The normalized spacial score (nSPS) is 14.6. The molecule has 8 heteroatoms. The summed E-state index contributed by atoms with van der Waals surface area (Å²) in [6.07, 6.45) is 5.30. The van der Waals surface area contributed by atoms with Crippen LogP contribution in [0.4, 0.5) is 16.9 Å². The second kappa shape index (κ2) is 5.88. The number of aromatic nitrogens is 5. The van der Waals surface area contributed by atoms with E-state index in [2.05, 4.69) is 35.1 Å². The van der Waals surface area contributed by atoms with Crippen molar-refractivity contribution < 1.29 is 0 Å². The molecule has 3 aromatic heterocycles. The van der Waals surface area contributed by atoms with Crippen LogP contribution < -0.4 is 10.2 Å². The maximum Gasteiger partial charge on any atom is 0.225 e. The van der Waals surface area contributed by atoms with E-state index in [9.17, 15) is 0 Å². The Hall–Kier alpha value is -2.61. The number of hydrogen-bond donors (Lipinski definition) is 1. The second-order valence-corrected chi connectivity index (χ2v) is 6.23. The third-order valence-electron chi connectivity index (χ3n) is 3.66. The van der Waals surface area contributed by atoms with Gasteiger partial charge in [0.1, 0.15) is 11.6 Å². The first kappa shape index (κ1) is 14.0. The quantitative estimate of drug-likeness (QED) is 0.789. The van der Waals surface area contributed by atoms with Gasteiger partial charge in [-0.1, -0.05) is 0 Å². The number of nitrogens with zero attached hydrogens (tertiary/aromatic N) is 6. The summed E-state index contributed by atoms with van der Waals surface area (Å²) in [6, 6.07) is 3.83. The van der Waals surface area contributed by atoms with E-state index >= 15 is 0 Å². The Balaban J connectivity index is 1.48. The zero-order valence-corrected chi connectivity index (χ0v) is 13.4. The molecule has 23 heavy (non-hydrogen) atoms. The maximum atomic E-state index is 4.58. The van der Waals surface area contributed by atoms with E-state index in [1.165, 1.54) is 0 Å². The monoisotopic (exact) mass is 325 g/mol. The van der Waals surface area contributed by atoms with Gasteiger partial charge in [-0.3, -0.25) is 0 Å². The number of anilines is 3. The summed E-state index contributed by atoms with van der Waals surface area (Å²) in [5.41, 5.74) is 1.05. The van der Waals surface area contributed by atoms with Gasteiger partial charge in [0, 0.05) is 49.0 Å². The van der Waals surface area contributed by atoms with Gasteiger partial charge in [0.25, 0.3) is 0 Å². The lowest BCUT2D eigenvalue weighted by molar-refractivity contribution is 0.501. The van der Waals surface area contributed by atoms with Crippen LogP contribution >= 0.6 is 11.3 Å². The van der Waals surface area contributed by atoms with Crippen LogP contribution in [0.1, 0.15) is 17.4 Å². The molecule has 0 saturated carbocycles. The summed E-state index contributed by atoms with van der Waals surface area (Å²) < 4.78 is 0. The summed E-state index contributed by atoms with van der Waals surface area (Å²) in [4.78, 5) is 23.9. The molecule has 1 aliphatic heterocycles. The highest BCUT2D eigenvalue weighted by molar-refractivity contribution is 7.13. The standard InChI is InChI=1S/C15H15N7S/c1-10-19-12(7-13(20-10)21-15-18-5-6-23-15)11-8-22(9-11)14-16-3-2-4-17-14/h2-7,11H,8-9H2,1H3,(H,18,19,20,21). The van der Waals surface area contributed by atoms with Crippen LogP contribution in [0.2, 0.25) is 0 Å². The zero-order chi connectivity index (χ0) is 15.6. The minimum Gasteiger partial charge on any atom is -0.339 e. The molecular weight excluding hydrogens is 310 g/mol. The van der Waals surface area contributed by atoms with Crippen molar-refractivity contribution in [1.29, 1.82) is 0 Å². The second-order valence-electron chi connectivity index (χ2n) is 5.34. The Kier molecular flexibility index (Phi) is 3.58. The van der Waals surface area contributed by atoms with Crippen LogP contribution in [-0.2, 0) is 0 Å². The summed E-state index contributed by atoms with van der Waals surface area (Å²) in [7, 11) is 0. The molecule has 0 atom stereocenters. The topological polar surface area (TPSA) is 79.7 Å². The average molecular weight is 325 g/mol. The first-order valence-corrected chi connectivity index (χ1v) is 8.20. The van der Waals surface area contributed by atoms with Gasteiger partial charge in [0.05, 0.1) is 5.69 Å². The molecule has 4 heterocycles. The highest BCUT2D eigenvalue weighted by atomic mass is 32.1. The van der Waals surface area contributed by atoms with Gasteiger partial charge in [-0.15, -0.1) is 11.3 Å². The highest BCUT2D eigenvalue weighted by Gasteiger charge is 2.31. The van der Waals surface area contributed by atoms with E-state index in [0.29, 0.717) is 5.92 Å². The van der Waals surface area contributed by atoms with Crippen LogP contribution in [0.25, 0.3) is 0 Å². The average Bonchev–Trinajstić information content (AvgIpc) is 2.99. The lowest BCUT2D eigenvalue weighted by Crippen LogP contribution is -2.46. The Labute approximate surface area is 137 Å². The summed E-state index contributed by atoms with van der Waals surface area (Å²) in [6.45, 7) is 3.65. The van der Waals surface area contributed by atoms with Crippen molar-refractivity contribution in [2.45, 2.75) is 12.8 Å². The fourth-order valence-electron chi connectivity index (χ4n) is 2.54. The lowest BCUT2D eigenvalue weighted by atomic mass is 9.96. The van der Waals surface area contributed by atoms with Gasteiger partial charge in [-0.2, -0.15) is 0 Å². The third kappa shape index (κ3) is 2.98. The Morgan fingerprint density at radius 1 is 1.13 bits per heavy atom. The number of hydrogen-bond acceptors (Lipinski definition) is 8. The number of thiazole rings is 1. The molecule has 0 radical (unpaired) electrons. The van der Waals surface area contributed by atoms with Crippen molar-refractivity contribution in [3.8, 4) is 0 Å². The Morgan fingerprint density at radius 2 is 1.96 bits per heavy atom. The van der Waals surface area contributed by atoms with E-state index in [0.717, 1.165) is 41.5 Å². The minimum absolute atomic E-state index is 0.373. The first-order chi connectivity index (χ1) is 11.3. The molecule has 1 aliphatic rings. The van der Waals surface area contributed by atoms with Crippen LogP contribution in [0.5, 0.6) is 0 Å². The van der Waals surface area contributed by atoms with Gasteiger partial charge in [0.15, 0.2) is 5.13 Å². The molecule has 1 saturated heterocycles. The van der Waals surface area contributed by atoms with Crippen molar-refractivity contribution in [2.75, 3.05) is 23.3 Å². The molecule has 7 nitrogen and oxygen atoms in total. The third-order valence-corrected chi connectivity index (χ3v) is 4.35. The fraction of sp³-hybridized carbons (Fsp3) is 0.267. The van der Waals surface area contributed by atoms with Crippen molar-refractivity contribution in [1.82, 2.24) is 24.9 Å². The largest absolute Gasteiger partial charge is 0.339 e. The summed E-state index contributed by atoms with van der Waals surface area (Å²) in [5, 5.41) is 6.00. The molecule has 1 N–H and O–H groups in total. The first-order valence-electron chi connectivity index (χ1n) is 7.32. The van der Waals surface area contributed by atoms with E-state index < -0.39 is 0 Å². The van der Waals surface area contributed by atoms with E-state index in [1.807, 2.05) is 24.4 Å². The van der Waals surface area contributed by atoms with Crippen molar-refractivity contribution >= 4 is 28.2 Å². The van der Waals surface area contributed by atoms with Crippen LogP contribution in [-0.4, -0.2) is 38.0 Å². The smallest absolute Gasteiger partial charge is 0.225 e. The molecule has 0 bridgehead atoms. The molecule has 3 aromatic rings. The van der Waals surface area contributed by atoms with Gasteiger partial charge in [0.2, 0.25) is 5.95 Å². The lowest BCUT2D eigenvalue weighted by Gasteiger charge is -2.38. The predicted octanol–water partition coefficient (Wildman–Crippen LogP) is 2.38. The SMILES string of the molecule is Cc1nc(Nc2nccs2)cc(C2CN(c3ncccn3)C2)n1. The van der Waals surface area contributed by atoms with Crippen LogP contribution in [0.15, 0.2) is 36.1 Å². The predicted molar refractivity (Wildman–Crippen MR) is 89.2 cm³/mol. The van der Waals surface area contributed by atoms with E-state index in [-0.39, 0.29) is 0 Å². The van der Waals surface area contributed by atoms with Crippen LogP contribution in [0.3, 0.4) is 0 Å². The van der Waals surface area contributed by atoms with E-state index in [4.69, 9.17) is 0 Å². The number of nitrogens with one attached hydrogen (secondary N) is 1. The molecule has 0 aromatic carbocycles. The van der Waals surface area contributed by atoms with Gasteiger partial charge >= 0.3 is 0 Å². The Morgan fingerprint density at radius 3 is 2.70 bits per heavy atom. The molecule has 0 unspecified atom stereocenters. The van der Waals surface area contributed by atoms with Crippen LogP contribution in [0, 0.1) is 6.92 Å². The molecule has 0 spiro atoms. The van der Waals surface area contributed by atoms with Gasteiger partial charge in [-0.25, -0.2) is 24.9 Å². The Bertz CT molecular complexity index is 785.